The van der Waals surface area contributed by atoms with Crippen LogP contribution in [0.3, 0.4) is 0 Å². The van der Waals surface area contributed by atoms with E-state index in [0.29, 0.717) is 30.7 Å². The topological polar surface area (TPSA) is 72.2 Å². The molecule has 18 heavy (non-hydrogen) atoms. The molecule has 0 radical (unpaired) electrons. The molecule has 0 saturated heterocycles. The Kier molecular flexibility index (Phi) is 7.32. The number of thiocarbonyl (C=S) groups is 1. The van der Waals surface area contributed by atoms with Crippen LogP contribution in [-0.2, 0) is 10.0 Å². The van der Waals surface area contributed by atoms with Crippen LogP contribution in [0.2, 0.25) is 0 Å². The van der Waals surface area contributed by atoms with Crippen LogP contribution in [0.15, 0.2) is 0 Å². The summed E-state index contributed by atoms with van der Waals surface area (Å²) in [5.74, 6) is 1.17. The average molecular weight is 294 g/mol. The fourth-order valence-electron chi connectivity index (χ4n) is 2.13. The molecule has 0 fully saturated rings. The quantitative estimate of drug-likeness (QED) is 0.671. The molecule has 0 aromatic rings. The normalized spacial score (nSPS) is 14.4. The number of rotatable bonds is 8. The van der Waals surface area contributed by atoms with Gasteiger partial charge < -0.3 is 5.73 Å². The van der Waals surface area contributed by atoms with E-state index in [4.69, 9.17) is 18.0 Å². The Morgan fingerprint density at radius 1 is 1.22 bits per heavy atom. The molecular weight excluding hydrogens is 268 g/mol. The third kappa shape index (κ3) is 5.20. The van der Waals surface area contributed by atoms with E-state index in [1.807, 2.05) is 0 Å². The molecule has 0 aromatic heterocycles. The van der Waals surface area contributed by atoms with Gasteiger partial charge in [-0.2, -0.15) is 0 Å². The van der Waals surface area contributed by atoms with Crippen LogP contribution in [0, 0.1) is 17.8 Å². The van der Waals surface area contributed by atoms with E-state index in [0.717, 1.165) is 0 Å². The molecule has 0 aliphatic carbocycles. The standard InChI is InChI=1S/C12H26N2O2S2/c1-6-11(12(13)17)18(15,16)14-7-10(8(2)3)9(4)5/h8-11,14H,6-7H2,1-5H3,(H2,13,17). The Hall–Kier alpha value is -0.200. The average Bonchev–Trinajstić information content (AvgIpc) is 2.15. The molecule has 6 heteroatoms. The summed E-state index contributed by atoms with van der Waals surface area (Å²) in [6.07, 6.45) is 0.401. The predicted octanol–water partition coefficient (Wildman–Crippen LogP) is 1.90. The molecule has 0 heterocycles. The van der Waals surface area contributed by atoms with Crippen molar-refractivity contribution in [3.63, 3.8) is 0 Å². The first-order valence-corrected chi connectivity index (χ1v) is 8.36. The third-order valence-electron chi connectivity index (χ3n) is 3.30. The van der Waals surface area contributed by atoms with Crippen molar-refractivity contribution in [2.45, 2.75) is 46.3 Å². The first-order valence-electron chi connectivity index (χ1n) is 6.41. The summed E-state index contributed by atoms with van der Waals surface area (Å²) in [5.41, 5.74) is 5.47. The van der Waals surface area contributed by atoms with Gasteiger partial charge in [-0.25, -0.2) is 13.1 Å². The van der Waals surface area contributed by atoms with Gasteiger partial charge >= 0.3 is 0 Å². The highest BCUT2D eigenvalue weighted by atomic mass is 32.2. The Bertz CT molecular complexity index is 356. The summed E-state index contributed by atoms with van der Waals surface area (Å²) < 4.78 is 26.8. The van der Waals surface area contributed by atoms with E-state index in [2.05, 4.69) is 32.4 Å². The molecule has 0 spiro atoms. The van der Waals surface area contributed by atoms with E-state index in [1.165, 1.54) is 0 Å². The maximum atomic E-state index is 12.1. The summed E-state index contributed by atoms with van der Waals surface area (Å²) in [7, 11) is -3.45. The van der Waals surface area contributed by atoms with Gasteiger partial charge in [0.1, 0.15) is 5.25 Å². The van der Waals surface area contributed by atoms with Gasteiger partial charge in [-0.05, 0) is 24.2 Å². The number of hydrogen-bond acceptors (Lipinski definition) is 3. The van der Waals surface area contributed by atoms with E-state index in [1.54, 1.807) is 6.92 Å². The lowest BCUT2D eigenvalue weighted by Gasteiger charge is -2.26. The molecule has 3 N–H and O–H groups in total. The van der Waals surface area contributed by atoms with Crippen molar-refractivity contribution in [1.29, 1.82) is 0 Å². The Balaban J connectivity index is 4.74. The zero-order valence-corrected chi connectivity index (χ0v) is 13.6. The first-order chi connectivity index (χ1) is 8.13. The van der Waals surface area contributed by atoms with Crippen molar-refractivity contribution in [3.8, 4) is 0 Å². The van der Waals surface area contributed by atoms with Crippen LogP contribution >= 0.6 is 12.2 Å². The lowest BCUT2D eigenvalue weighted by Crippen LogP contribution is -2.44. The molecule has 0 bridgehead atoms. The van der Waals surface area contributed by atoms with Crippen LogP contribution in [-0.4, -0.2) is 25.2 Å². The number of nitrogens with one attached hydrogen (secondary N) is 1. The predicted molar refractivity (Wildman–Crippen MR) is 81.0 cm³/mol. The van der Waals surface area contributed by atoms with Crippen LogP contribution < -0.4 is 10.5 Å². The monoisotopic (exact) mass is 294 g/mol. The van der Waals surface area contributed by atoms with Crippen molar-refractivity contribution in [2.75, 3.05) is 6.54 Å². The third-order valence-corrected chi connectivity index (χ3v) is 5.63. The molecule has 0 aliphatic heterocycles. The van der Waals surface area contributed by atoms with Gasteiger partial charge in [-0.1, -0.05) is 46.8 Å². The molecule has 4 nitrogen and oxygen atoms in total. The summed E-state index contributed by atoms with van der Waals surface area (Å²) in [4.78, 5) is 0.0376. The minimum absolute atomic E-state index is 0.0376. The molecular formula is C12H26N2O2S2. The van der Waals surface area contributed by atoms with Crippen molar-refractivity contribution in [2.24, 2.45) is 23.5 Å². The summed E-state index contributed by atoms with van der Waals surface area (Å²) in [6, 6.07) is 0. The Morgan fingerprint density at radius 3 is 1.94 bits per heavy atom. The number of hydrogen-bond donors (Lipinski definition) is 2. The van der Waals surface area contributed by atoms with Crippen molar-refractivity contribution < 1.29 is 8.42 Å². The lowest BCUT2D eigenvalue weighted by atomic mass is 9.86. The highest BCUT2D eigenvalue weighted by Crippen LogP contribution is 2.20. The zero-order chi connectivity index (χ0) is 14.5. The molecule has 108 valence electrons. The molecule has 1 unspecified atom stereocenters. The van der Waals surface area contributed by atoms with Gasteiger partial charge in [0.05, 0.1) is 4.99 Å². The van der Waals surface area contributed by atoms with E-state index >= 15 is 0 Å². The second-order valence-electron chi connectivity index (χ2n) is 5.34. The highest BCUT2D eigenvalue weighted by molar-refractivity contribution is 7.93. The van der Waals surface area contributed by atoms with Crippen molar-refractivity contribution in [3.05, 3.63) is 0 Å². The first kappa shape index (κ1) is 17.8. The van der Waals surface area contributed by atoms with Crippen LogP contribution in [0.1, 0.15) is 41.0 Å². The molecule has 0 rings (SSSR count). The second kappa shape index (κ2) is 7.40. The summed E-state index contributed by atoms with van der Waals surface area (Å²) in [6.45, 7) is 10.6. The van der Waals surface area contributed by atoms with Gasteiger partial charge in [0, 0.05) is 6.54 Å². The van der Waals surface area contributed by atoms with Gasteiger partial charge in [0.15, 0.2) is 0 Å². The minimum Gasteiger partial charge on any atom is -0.392 e. The maximum absolute atomic E-state index is 12.1. The number of sulfonamides is 1. The van der Waals surface area contributed by atoms with Crippen molar-refractivity contribution >= 4 is 27.2 Å². The lowest BCUT2D eigenvalue weighted by molar-refractivity contribution is 0.289. The van der Waals surface area contributed by atoms with Gasteiger partial charge in [0.2, 0.25) is 10.0 Å². The largest absolute Gasteiger partial charge is 0.392 e. The highest BCUT2D eigenvalue weighted by Gasteiger charge is 2.28. The summed E-state index contributed by atoms with van der Waals surface area (Å²) in [5, 5.41) is -0.771. The second-order valence-corrected chi connectivity index (χ2v) is 7.76. The van der Waals surface area contributed by atoms with Crippen LogP contribution in [0.4, 0.5) is 0 Å². The Morgan fingerprint density at radius 2 is 1.67 bits per heavy atom. The molecule has 0 aromatic carbocycles. The van der Waals surface area contributed by atoms with E-state index in [-0.39, 0.29) is 4.99 Å². The maximum Gasteiger partial charge on any atom is 0.221 e. The number of nitrogens with two attached hydrogens (primary N) is 1. The zero-order valence-electron chi connectivity index (χ0n) is 11.9. The van der Waals surface area contributed by atoms with Gasteiger partial charge in [-0.3, -0.25) is 0 Å². The van der Waals surface area contributed by atoms with Crippen molar-refractivity contribution in [1.82, 2.24) is 4.72 Å². The molecule has 0 saturated carbocycles. The fourth-order valence-corrected chi connectivity index (χ4v) is 4.05. The van der Waals surface area contributed by atoms with Crippen LogP contribution in [0.25, 0.3) is 0 Å². The minimum atomic E-state index is -3.45. The smallest absolute Gasteiger partial charge is 0.221 e. The van der Waals surface area contributed by atoms with E-state index in [9.17, 15) is 8.42 Å². The SMILES string of the molecule is CCC(C(N)=S)S(=O)(=O)NCC(C(C)C)C(C)C. The molecule has 0 aliphatic rings. The van der Waals surface area contributed by atoms with Gasteiger partial charge in [-0.15, -0.1) is 0 Å². The molecule has 1 atom stereocenters. The van der Waals surface area contributed by atoms with Gasteiger partial charge in [0.25, 0.3) is 0 Å². The Labute approximate surface area is 117 Å². The summed E-state index contributed by atoms with van der Waals surface area (Å²) >= 11 is 4.81. The van der Waals surface area contributed by atoms with Crippen LogP contribution in [0.5, 0.6) is 0 Å². The molecule has 0 amide bonds. The van der Waals surface area contributed by atoms with E-state index < -0.39 is 15.3 Å². The fraction of sp³-hybridized carbons (Fsp3) is 0.917.